The van der Waals surface area contributed by atoms with Crippen molar-refractivity contribution in [3.8, 4) is 0 Å². The number of aromatic carboxylic acids is 1. The smallest absolute Gasteiger partial charge is 0.340 e. The van der Waals surface area contributed by atoms with Crippen LogP contribution < -0.4 is 0 Å². The summed E-state index contributed by atoms with van der Waals surface area (Å²) in [7, 11) is 0. The normalized spacial score (nSPS) is 17.4. The molecule has 1 atom stereocenters. The average molecular weight is 243 g/mol. The van der Waals surface area contributed by atoms with Crippen LogP contribution in [0.25, 0.3) is 0 Å². The first kappa shape index (κ1) is 11.5. The Bertz CT molecular complexity index is 424. The van der Waals surface area contributed by atoms with Gasteiger partial charge in [0.1, 0.15) is 10.7 Å². The van der Waals surface area contributed by atoms with E-state index in [0.29, 0.717) is 18.0 Å². The topological polar surface area (TPSA) is 55.1 Å². The van der Waals surface area contributed by atoms with Crippen LogP contribution in [0, 0.1) is 5.92 Å². The van der Waals surface area contributed by atoms with E-state index < -0.39 is 5.97 Å². The van der Waals surface area contributed by atoms with Gasteiger partial charge in [0.05, 0.1) is 11.7 Å². The largest absolute Gasteiger partial charge is 0.478 e. The highest BCUT2D eigenvalue weighted by Gasteiger charge is 2.33. The zero-order valence-electron chi connectivity index (χ0n) is 9.40. The van der Waals surface area contributed by atoms with Crippen molar-refractivity contribution in [2.45, 2.75) is 39.2 Å². The lowest BCUT2D eigenvalue weighted by atomic mass is 10.2. The summed E-state index contributed by atoms with van der Waals surface area (Å²) < 4.78 is 1.67. The molecule has 0 bridgehead atoms. The number of carboxylic acid groups (broad SMARTS) is 1. The molecule has 0 aliphatic heterocycles. The minimum absolute atomic E-state index is 0.164. The zero-order valence-corrected chi connectivity index (χ0v) is 10.2. The van der Waals surface area contributed by atoms with Crippen molar-refractivity contribution >= 4 is 17.6 Å². The van der Waals surface area contributed by atoms with Gasteiger partial charge in [0.15, 0.2) is 0 Å². The molecule has 0 radical (unpaired) electrons. The van der Waals surface area contributed by atoms with Crippen molar-refractivity contribution in [2.75, 3.05) is 0 Å². The Morgan fingerprint density at radius 2 is 2.31 bits per heavy atom. The molecule has 88 valence electrons. The maximum atomic E-state index is 11.1. The summed E-state index contributed by atoms with van der Waals surface area (Å²) in [6, 6.07) is 0.200. The van der Waals surface area contributed by atoms with Crippen LogP contribution in [-0.2, 0) is 6.42 Å². The molecular weight excluding hydrogens is 228 g/mol. The monoisotopic (exact) mass is 242 g/mol. The number of nitrogens with zero attached hydrogens (tertiary/aromatic N) is 2. The van der Waals surface area contributed by atoms with E-state index in [1.54, 1.807) is 4.68 Å². The van der Waals surface area contributed by atoms with E-state index in [4.69, 9.17) is 16.7 Å². The fourth-order valence-electron chi connectivity index (χ4n) is 1.96. The number of carbonyl (C=O) groups is 1. The molecule has 1 saturated carbocycles. The van der Waals surface area contributed by atoms with E-state index in [2.05, 4.69) is 5.10 Å². The van der Waals surface area contributed by atoms with E-state index in [1.165, 1.54) is 12.8 Å². The Kier molecular flexibility index (Phi) is 2.93. The van der Waals surface area contributed by atoms with Gasteiger partial charge in [-0.05, 0) is 32.1 Å². The van der Waals surface area contributed by atoms with Crippen molar-refractivity contribution in [1.82, 2.24) is 9.78 Å². The number of aryl methyl sites for hydroxylation is 1. The van der Waals surface area contributed by atoms with E-state index in [-0.39, 0.29) is 16.8 Å². The van der Waals surface area contributed by atoms with Crippen LogP contribution in [0.1, 0.15) is 48.8 Å². The molecule has 1 unspecified atom stereocenters. The molecule has 0 saturated heterocycles. The van der Waals surface area contributed by atoms with Gasteiger partial charge in [0.2, 0.25) is 0 Å². The molecule has 1 N–H and O–H groups in total. The lowest BCUT2D eigenvalue weighted by Crippen LogP contribution is -2.09. The molecule has 1 aromatic heterocycles. The molecule has 1 aliphatic carbocycles. The van der Waals surface area contributed by atoms with Crippen LogP contribution in [0.3, 0.4) is 0 Å². The van der Waals surface area contributed by atoms with Gasteiger partial charge >= 0.3 is 5.97 Å². The van der Waals surface area contributed by atoms with Gasteiger partial charge in [0, 0.05) is 0 Å². The van der Waals surface area contributed by atoms with Gasteiger partial charge in [-0.3, -0.25) is 0 Å². The third-order valence-corrected chi connectivity index (χ3v) is 3.53. The standard InChI is InChI=1S/C11H15ClN2O2/c1-3-8-9(11(15)16)10(12)14(13-8)6(2)7-4-5-7/h6-7H,3-5H2,1-2H3,(H,15,16). The molecule has 1 aromatic rings. The fraction of sp³-hybridized carbons (Fsp3) is 0.636. The van der Waals surface area contributed by atoms with Crippen molar-refractivity contribution in [1.29, 1.82) is 0 Å². The van der Waals surface area contributed by atoms with Crippen LogP contribution in [0.2, 0.25) is 5.15 Å². The summed E-state index contributed by atoms with van der Waals surface area (Å²) in [5.74, 6) is -0.389. The molecule has 5 heteroatoms. The number of carboxylic acids is 1. The molecule has 1 heterocycles. The number of rotatable bonds is 4. The second-order valence-electron chi connectivity index (χ2n) is 4.29. The Morgan fingerprint density at radius 3 is 2.69 bits per heavy atom. The molecule has 2 rings (SSSR count). The summed E-state index contributed by atoms with van der Waals surface area (Å²) >= 11 is 6.09. The van der Waals surface area contributed by atoms with Gasteiger partial charge in [-0.2, -0.15) is 5.10 Å². The van der Waals surface area contributed by atoms with E-state index >= 15 is 0 Å². The van der Waals surface area contributed by atoms with E-state index in [9.17, 15) is 4.79 Å². The Morgan fingerprint density at radius 1 is 1.69 bits per heavy atom. The Hall–Kier alpha value is -1.03. The van der Waals surface area contributed by atoms with E-state index in [1.807, 2.05) is 13.8 Å². The molecular formula is C11H15ClN2O2. The predicted molar refractivity (Wildman–Crippen MR) is 61.0 cm³/mol. The van der Waals surface area contributed by atoms with Crippen molar-refractivity contribution in [3.05, 3.63) is 16.4 Å². The number of hydrogen-bond acceptors (Lipinski definition) is 2. The van der Waals surface area contributed by atoms with Crippen molar-refractivity contribution < 1.29 is 9.90 Å². The van der Waals surface area contributed by atoms with Gasteiger partial charge in [-0.25, -0.2) is 9.48 Å². The minimum atomic E-state index is -0.990. The van der Waals surface area contributed by atoms with E-state index in [0.717, 1.165) is 0 Å². The van der Waals surface area contributed by atoms with Crippen LogP contribution in [-0.4, -0.2) is 20.9 Å². The van der Waals surface area contributed by atoms with Gasteiger partial charge < -0.3 is 5.11 Å². The molecule has 4 nitrogen and oxygen atoms in total. The SMILES string of the molecule is CCc1nn(C(C)C2CC2)c(Cl)c1C(=O)O. The maximum absolute atomic E-state index is 11.1. The summed E-state index contributed by atoms with van der Waals surface area (Å²) in [6.07, 6.45) is 2.95. The third-order valence-electron chi connectivity index (χ3n) is 3.16. The lowest BCUT2D eigenvalue weighted by Gasteiger charge is -2.11. The van der Waals surface area contributed by atoms with Crippen LogP contribution in [0.4, 0.5) is 0 Å². The quantitative estimate of drug-likeness (QED) is 0.883. The van der Waals surface area contributed by atoms with Gasteiger partial charge in [-0.15, -0.1) is 0 Å². The Labute approximate surface area is 99.2 Å². The fourth-order valence-corrected chi connectivity index (χ4v) is 2.35. The second-order valence-corrected chi connectivity index (χ2v) is 4.65. The summed E-state index contributed by atoms with van der Waals surface area (Å²) in [5, 5.41) is 13.7. The van der Waals surface area contributed by atoms with Crippen molar-refractivity contribution in [3.63, 3.8) is 0 Å². The first-order valence-corrected chi connectivity index (χ1v) is 5.94. The van der Waals surface area contributed by atoms with Crippen LogP contribution in [0.15, 0.2) is 0 Å². The third kappa shape index (κ3) is 1.82. The summed E-state index contributed by atoms with van der Waals surface area (Å²) in [5.41, 5.74) is 0.738. The van der Waals surface area contributed by atoms with Crippen LogP contribution in [0.5, 0.6) is 0 Å². The first-order valence-electron chi connectivity index (χ1n) is 5.56. The number of halogens is 1. The second kappa shape index (κ2) is 4.09. The molecule has 0 aromatic carbocycles. The highest BCUT2D eigenvalue weighted by atomic mass is 35.5. The molecule has 1 aliphatic rings. The van der Waals surface area contributed by atoms with Crippen LogP contribution >= 0.6 is 11.6 Å². The van der Waals surface area contributed by atoms with Gasteiger partial charge in [0.25, 0.3) is 0 Å². The summed E-state index contributed by atoms with van der Waals surface area (Å²) in [4.78, 5) is 11.1. The lowest BCUT2D eigenvalue weighted by molar-refractivity contribution is 0.0696. The Balaban J connectivity index is 2.42. The zero-order chi connectivity index (χ0) is 11.9. The minimum Gasteiger partial charge on any atom is -0.478 e. The molecule has 1 fully saturated rings. The first-order chi connectivity index (χ1) is 7.56. The van der Waals surface area contributed by atoms with Crippen molar-refractivity contribution in [2.24, 2.45) is 5.92 Å². The van der Waals surface area contributed by atoms with Gasteiger partial charge in [-0.1, -0.05) is 18.5 Å². The molecule has 16 heavy (non-hydrogen) atoms. The predicted octanol–water partition coefficient (Wildman–Crippen LogP) is 2.77. The number of aromatic nitrogens is 2. The highest BCUT2D eigenvalue weighted by molar-refractivity contribution is 6.32. The maximum Gasteiger partial charge on any atom is 0.340 e. The molecule has 0 amide bonds. The average Bonchev–Trinajstić information content (AvgIpc) is 3.01. The summed E-state index contributed by atoms with van der Waals surface area (Å²) in [6.45, 7) is 3.93. The number of hydrogen-bond donors (Lipinski definition) is 1. The highest BCUT2D eigenvalue weighted by Crippen LogP contribution is 2.41. The molecule has 0 spiro atoms.